The number of fused-ring (bicyclic) bond motifs is 1. The van der Waals surface area contributed by atoms with Gasteiger partial charge in [-0.15, -0.1) is 0 Å². The lowest BCUT2D eigenvalue weighted by Gasteiger charge is -2.31. The summed E-state index contributed by atoms with van der Waals surface area (Å²) >= 11 is 0. The molecule has 1 saturated carbocycles. The molecule has 0 radical (unpaired) electrons. The van der Waals surface area contributed by atoms with Crippen molar-refractivity contribution >= 4 is 12.0 Å². The van der Waals surface area contributed by atoms with Crippen LogP contribution in [0.5, 0.6) is 0 Å². The van der Waals surface area contributed by atoms with Crippen molar-refractivity contribution in [2.24, 2.45) is 11.8 Å². The number of nitrogens with one attached hydrogen (secondary N) is 1. The minimum atomic E-state index is -4.85. The fourth-order valence-electron chi connectivity index (χ4n) is 3.31. The molecule has 3 atom stereocenters. The highest BCUT2D eigenvalue weighted by atomic mass is 19.4. The normalized spacial score (nSPS) is 28.3. The number of rotatable bonds is 1. The van der Waals surface area contributed by atoms with Crippen molar-refractivity contribution in [1.82, 2.24) is 10.2 Å². The summed E-state index contributed by atoms with van der Waals surface area (Å²) in [6, 6.07) is -0.482. The van der Waals surface area contributed by atoms with Crippen LogP contribution < -0.4 is 5.32 Å². The third kappa shape index (κ3) is 4.75. The molecule has 1 heterocycles. The van der Waals surface area contributed by atoms with Crippen LogP contribution in [0, 0.1) is 11.8 Å². The van der Waals surface area contributed by atoms with Gasteiger partial charge in [0.2, 0.25) is 0 Å². The lowest BCUT2D eigenvalue weighted by molar-refractivity contribution is -0.174. The van der Waals surface area contributed by atoms with Gasteiger partial charge in [0, 0.05) is 19.1 Å². The maximum atomic E-state index is 12.3. The quantitative estimate of drug-likeness (QED) is 0.801. The molecule has 2 fully saturated rings. The van der Waals surface area contributed by atoms with E-state index in [2.05, 4.69) is 5.32 Å². The Balaban J connectivity index is 1.88. The van der Waals surface area contributed by atoms with Crippen LogP contribution in [0.4, 0.5) is 18.0 Å². The number of hydrogen-bond donors (Lipinski definition) is 1. The lowest BCUT2D eigenvalue weighted by atomic mass is 9.79. The van der Waals surface area contributed by atoms with Crippen molar-refractivity contribution in [3.63, 3.8) is 0 Å². The Hall–Kier alpha value is -1.47. The molecule has 1 saturated heterocycles. The zero-order valence-electron chi connectivity index (χ0n) is 13.6. The first-order valence-electron chi connectivity index (χ1n) is 7.81. The number of ether oxygens (including phenoxy) is 1. The minimum Gasteiger partial charge on any atom is -0.444 e. The van der Waals surface area contributed by atoms with Gasteiger partial charge in [-0.2, -0.15) is 13.2 Å². The monoisotopic (exact) mass is 336 g/mol. The molecule has 2 amide bonds. The average Bonchev–Trinajstić information content (AvgIpc) is 2.78. The van der Waals surface area contributed by atoms with Crippen LogP contribution in [0.2, 0.25) is 0 Å². The van der Waals surface area contributed by atoms with Crippen LogP contribution in [0.25, 0.3) is 0 Å². The van der Waals surface area contributed by atoms with Crippen molar-refractivity contribution in [3.8, 4) is 0 Å². The molecule has 23 heavy (non-hydrogen) atoms. The van der Waals surface area contributed by atoms with E-state index >= 15 is 0 Å². The smallest absolute Gasteiger partial charge is 0.444 e. The SMILES string of the molecule is CC(C)(C)OC(=O)N1CC2CCC(NC(=O)C(F)(F)F)CC2C1. The van der Waals surface area contributed by atoms with Crippen LogP contribution >= 0.6 is 0 Å². The van der Waals surface area contributed by atoms with Gasteiger partial charge in [-0.3, -0.25) is 4.79 Å². The highest BCUT2D eigenvalue weighted by Crippen LogP contribution is 2.37. The second-order valence-corrected chi connectivity index (χ2v) is 7.39. The van der Waals surface area contributed by atoms with Crippen molar-refractivity contribution in [1.29, 1.82) is 0 Å². The molecule has 1 aliphatic carbocycles. The van der Waals surface area contributed by atoms with Gasteiger partial charge in [-0.1, -0.05) is 0 Å². The molecular weight excluding hydrogens is 313 g/mol. The molecule has 132 valence electrons. The standard InChI is InChI=1S/C15H23F3N2O3/c1-14(2,3)23-13(22)20-7-9-4-5-11(6-10(9)8-20)19-12(21)15(16,17)18/h9-11H,4-8H2,1-3H3,(H,19,21). The zero-order valence-corrected chi connectivity index (χ0v) is 13.6. The van der Waals surface area contributed by atoms with E-state index in [9.17, 15) is 22.8 Å². The van der Waals surface area contributed by atoms with Crippen molar-refractivity contribution in [2.45, 2.75) is 57.9 Å². The number of nitrogens with zero attached hydrogens (tertiary/aromatic N) is 1. The summed E-state index contributed by atoms with van der Waals surface area (Å²) in [7, 11) is 0. The van der Waals surface area contributed by atoms with E-state index in [-0.39, 0.29) is 17.9 Å². The first-order chi connectivity index (χ1) is 10.5. The number of carbonyl (C=O) groups is 2. The number of hydrogen-bond acceptors (Lipinski definition) is 3. The Kier molecular flexibility index (Phi) is 4.82. The Morgan fingerprint density at radius 2 is 1.70 bits per heavy atom. The Bertz CT molecular complexity index is 474. The first-order valence-corrected chi connectivity index (χ1v) is 7.81. The Labute approximate surface area is 133 Å². The van der Waals surface area contributed by atoms with E-state index in [1.807, 2.05) is 0 Å². The van der Waals surface area contributed by atoms with Gasteiger partial charge in [0.25, 0.3) is 0 Å². The fourth-order valence-corrected chi connectivity index (χ4v) is 3.31. The molecule has 2 aliphatic rings. The summed E-state index contributed by atoms with van der Waals surface area (Å²) in [6.07, 6.45) is -3.57. The molecule has 1 N–H and O–H groups in total. The predicted octanol–water partition coefficient (Wildman–Crippen LogP) is 2.70. The topological polar surface area (TPSA) is 58.6 Å². The number of amides is 2. The molecule has 2 rings (SSSR count). The molecular formula is C15H23F3N2O3. The van der Waals surface area contributed by atoms with Crippen molar-refractivity contribution in [3.05, 3.63) is 0 Å². The Morgan fingerprint density at radius 3 is 2.26 bits per heavy atom. The summed E-state index contributed by atoms with van der Waals surface area (Å²) in [5, 5.41) is 2.06. The second kappa shape index (κ2) is 6.20. The number of alkyl halides is 3. The van der Waals surface area contributed by atoms with E-state index in [0.717, 1.165) is 0 Å². The first kappa shape index (κ1) is 17.9. The van der Waals surface area contributed by atoms with Crippen LogP contribution in [0.15, 0.2) is 0 Å². The van der Waals surface area contributed by atoms with Crippen LogP contribution in [0.3, 0.4) is 0 Å². The van der Waals surface area contributed by atoms with E-state index in [4.69, 9.17) is 4.74 Å². The Morgan fingerprint density at radius 1 is 1.09 bits per heavy atom. The molecule has 0 aromatic carbocycles. The fraction of sp³-hybridized carbons (Fsp3) is 0.867. The minimum absolute atomic E-state index is 0.106. The second-order valence-electron chi connectivity index (χ2n) is 7.39. The lowest BCUT2D eigenvalue weighted by Crippen LogP contribution is -2.46. The predicted molar refractivity (Wildman–Crippen MR) is 76.6 cm³/mol. The van der Waals surface area contributed by atoms with Gasteiger partial charge in [-0.25, -0.2) is 4.79 Å². The van der Waals surface area contributed by atoms with Crippen molar-refractivity contribution in [2.75, 3.05) is 13.1 Å². The van der Waals surface area contributed by atoms with Gasteiger partial charge in [0.1, 0.15) is 5.60 Å². The number of likely N-dealkylation sites (tertiary alicyclic amines) is 1. The summed E-state index contributed by atoms with van der Waals surface area (Å²) in [5.41, 5.74) is -0.575. The van der Waals surface area contributed by atoms with E-state index in [1.165, 1.54) is 0 Å². The highest BCUT2D eigenvalue weighted by Gasteiger charge is 2.44. The summed E-state index contributed by atoms with van der Waals surface area (Å²) < 4.78 is 42.3. The van der Waals surface area contributed by atoms with Gasteiger partial charge in [0.15, 0.2) is 0 Å². The largest absolute Gasteiger partial charge is 0.471 e. The van der Waals surface area contributed by atoms with Gasteiger partial charge in [0.05, 0.1) is 0 Å². The number of halogens is 3. The van der Waals surface area contributed by atoms with Gasteiger partial charge in [-0.05, 0) is 51.9 Å². The number of carbonyl (C=O) groups excluding carboxylic acids is 2. The van der Waals surface area contributed by atoms with Gasteiger partial charge < -0.3 is 15.0 Å². The maximum Gasteiger partial charge on any atom is 0.471 e. The van der Waals surface area contributed by atoms with Crippen LogP contribution in [0.1, 0.15) is 40.0 Å². The third-order valence-corrected chi connectivity index (χ3v) is 4.29. The molecule has 1 aliphatic heterocycles. The highest BCUT2D eigenvalue weighted by molar-refractivity contribution is 5.81. The molecule has 0 bridgehead atoms. The summed E-state index contributed by atoms with van der Waals surface area (Å²) in [5.74, 6) is -1.51. The molecule has 0 aromatic heterocycles. The molecule has 3 unspecified atom stereocenters. The van der Waals surface area contributed by atoms with Crippen LogP contribution in [-0.4, -0.2) is 47.8 Å². The molecule has 5 nitrogen and oxygen atoms in total. The van der Waals surface area contributed by atoms with E-state index in [1.54, 1.807) is 25.7 Å². The summed E-state index contributed by atoms with van der Waals surface area (Å²) in [4.78, 5) is 24.7. The average molecular weight is 336 g/mol. The van der Waals surface area contributed by atoms with Crippen LogP contribution in [-0.2, 0) is 9.53 Å². The molecule has 0 aromatic rings. The van der Waals surface area contributed by atoms with E-state index in [0.29, 0.717) is 32.4 Å². The third-order valence-electron chi connectivity index (χ3n) is 4.29. The zero-order chi connectivity index (χ0) is 17.4. The molecule has 0 spiro atoms. The maximum absolute atomic E-state index is 12.3. The molecule has 8 heteroatoms. The summed E-state index contributed by atoms with van der Waals surface area (Å²) in [6.45, 7) is 6.40. The van der Waals surface area contributed by atoms with Crippen molar-refractivity contribution < 1.29 is 27.5 Å². The van der Waals surface area contributed by atoms with Gasteiger partial charge >= 0.3 is 18.2 Å². The van der Waals surface area contributed by atoms with E-state index < -0.39 is 23.7 Å².